The predicted molar refractivity (Wildman–Crippen MR) is 91.4 cm³/mol. The van der Waals surface area contributed by atoms with Crippen LogP contribution in [0.3, 0.4) is 0 Å². The van der Waals surface area contributed by atoms with Gasteiger partial charge in [-0.3, -0.25) is 4.79 Å². The summed E-state index contributed by atoms with van der Waals surface area (Å²) in [5, 5.41) is 0. The average molecular weight is 339 g/mol. The molecule has 0 aliphatic heterocycles. The van der Waals surface area contributed by atoms with Gasteiger partial charge in [0.1, 0.15) is 30.6 Å². The smallest absolute Gasteiger partial charge is 0.180 e. The Morgan fingerprint density at radius 1 is 1.32 bits per heavy atom. The molecule has 0 amide bonds. The summed E-state index contributed by atoms with van der Waals surface area (Å²) in [4.78, 5) is 14.8. The highest BCUT2D eigenvalue weighted by Crippen LogP contribution is 2.44. The molecule has 0 bridgehead atoms. The number of methoxy groups -OCH3 is 1. The number of aryl methyl sites for hydroxylation is 1. The minimum atomic E-state index is 0.245. The highest BCUT2D eigenvalue weighted by Gasteiger charge is 2.21. The Morgan fingerprint density at radius 3 is 2.84 bits per heavy atom. The third-order valence-electron chi connectivity index (χ3n) is 3.63. The van der Waals surface area contributed by atoms with Crippen LogP contribution in [0.4, 0.5) is 0 Å². The first-order valence-electron chi connectivity index (χ1n) is 7.61. The summed E-state index contributed by atoms with van der Waals surface area (Å²) in [5.41, 5.74) is 3.05. The van der Waals surface area contributed by atoms with Crippen molar-refractivity contribution < 1.29 is 23.1 Å². The monoisotopic (exact) mass is 339 g/mol. The summed E-state index contributed by atoms with van der Waals surface area (Å²) < 4.78 is 22.0. The van der Waals surface area contributed by atoms with Crippen molar-refractivity contribution >= 4 is 12.4 Å². The van der Waals surface area contributed by atoms with Crippen molar-refractivity contribution in [2.24, 2.45) is 0 Å². The molecule has 0 radical (unpaired) electrons. The fourth-order valence-corrected chi connectivity index (χ4v) is 2.57. The molecule has 3 aromatic rings. The van der Waals surface area contributed by atoms with Gasteiger partial charge >= 0.3 is 0 Å². The second kappa shape index (κ2) is 7.53. The van der Waals surface area contributed by atoms with Crippen LogP contribution in [-0.4, -0.2) is 18.4 Å². The van der Waals surface area contributed by atoms with Crippen molar-refractivity contribution in [3.8, 4) is 22.8 Å². The second-order valence-corrected chi connectivity index (χ2v) is 5.26. The van der Waals surface area contributed by atoms with Crippen LogP contribution in [0.1, 0.15) is 16.8 Å². The standard InChI is InChI=1S/C19H17NO5/c1-13-9-14(5-3-7-21)17(16-6-4-8-24-16)19(22-2)18(13)25-11-15-10-23-12-20-15/h3-10,12H,11H2,1-2H3. The first kappa shape index (κ1) is 16.6. The van der Waals surface area contributed by atoms with Crippen molar-refractivity contribution in [1.82, 2.24) is 4.98 Å². The lowest BCUT2D eigenvalue weighted by atomic mass is 9.99. The van der Waals surface area contributed by atoms with Gasteiger partial charge in [0.2, 0.25) is 0 Å². The van der Waals surface area contributed by atoms with Gasteiger partial charge in [0.15, 0.2) is 17.9 Å². The number of aromatic nitrogens is 1. The van der Waals surface area contributed by atoms with Crippen molar-refractivity contribution in [1.29, 1.82) is 0 Å². The maximum absolute atomic E-state index is 10.7. The van der Waals surface area contributed by atoms with Crippen molar-refractivity contribution in [2.75, 3.05) is 7.11 Å². The highest BCUT2D eigenvalue weighted by atomic mass is 16.5. The quantitative estimate of drug-likeness (QED) is 0.478. The second-order valence-electron chi connectivity index (χ2n) is 5.26. The number of benzene rings is 1. The molecule has 0 spiro atoms. The number of carbonyl (C=O) groups excluding carboxylic acids is 1. The lowest BCUT2D eigenvalue weighted by Crippen LogP contribution is -2.02. The zero-order chi connectivity index (χ0) is 17.6. The van der Waals surface area contributed by atoms with Gasteiger partial charge in [0.05, 0.1) is 18.9 Å². The molecule has 0 fully saturated rings. The molecule has 0 atom stereocenters. The van der Waals surface area contributed by atoms with E-state index in [1.807, 2.05) is 19.1 Å². The fraction of sp³-hybridized carbons (Fsp3) is 0.158. The van der Waals surface area contributed by atoms with Crippen LogP contribution in [-0.2, 0) is 11.4 Å². The van der Waals surface area contributed by atoms with Crippen LogP contribution in [0.5, 0.6) is 11.5 Å². The molecule has 128 valence electrons. The van der Waals surface area contributed by atoms with E-state index in [0.717, 1.165) is 17.4 Å². The van der Waals surface area contributed by atoms with Crippen molar-refractivity contribution in [3.05, 3.63) is 60.0 Å². The summed E-state index contributed by atoms with van der Waals surface area (Å²) in [6, 6.07) is 5.53. The number of hydrogen-bond acceptors (Lipinski definition) is 6. The van der Waals surface area contributed by atoms with Crippen LogP contribution >= 0.6 is 0 Å². The Hall–Kier alpha value is -3.28. The number of nitrogens with zero attached hydrogens (tertiary/aromatic N) is 1. The van der Waals surface area contributed by atoms with E-state index in [1.54, 1.807) is 25.5 Å². The van der Waals surface area contributed by atoms with Crippen LogP contribution in [0.15, 0.2) is 52.0 Å². The van der Waals surface area contributed by atoms with Gasteiger partial charge in [-0.1, -0.05) is 6.08 Å². The van der Waals surface area contributed by atoms with E-state index in [4.69, 9.17) is 18.3 Å². The third kappa shape index (κ3) is 3.47. The summed E-state index contributed by atoms with van der Waals surface area (Å²) in [5.74, 6) is 1.73. The number of oxazole rings is 1. The molecule has 6 nitrogen and oxygen atoms in total. The number of ether oxygens (including phenoxy) is 2. The Morgan fingerprint density at radius 2 is 2.20 bits per heavy atom. The molecule has 1 aromatic carbocycles. The third-order valence-corrected chi connectivity index (χ3v) is 3.63. The van der Waals surface area contributed by atoms with Crippen LogP contribution in [0, 0.1) is 6.92 Å². The number of rotatable bonds is 7. The molecule has 25 heavy (non-hydrogen) atoms. The van der Waals surface area contributed by atoms with E-state index in [1.165, 1.54) is 18.7 Å². The molecule has 0 saturated carbocycles. The normalized spacial score (nSPS) is 11.0. The van der Waals surface area contributed by atoms with E-state index in [0.29, 0.717) is 28.5 Å². The number of allylic oxidation sites excluding steroid dienone is 1. The largest absolute Gasteiger partial charge is 0.492 e. The SMILES string of the molecule is COc1c(OCc2cocn2)c(C)cc(C=CC=O)c1-c1ccco1. The molecule has 0 aliphatic carbocycles. The summed E-state index contributed by atoms with van der Waals surface area (Å²) >= 11 is 0. The summed E-state index contributed by atoms with van der Waals surface area (Å²) in [6.45, 7) is 2.15. The molecule has 3 rings (SSSR count). The first-order valence-corrected chi connectivity index (χ1v) is 7.61. The van der Waals surface area contributed by atoms with Gasteiger partial charge < -0.3 is 18.3 Å². The molecule has 0 N–H and O–H groups in total. The Labute approximate surface area is 144 Å². The van der Waals surface area contributed by atoms with Gasteiger partial charge in [0, 0.05) is 0 Å². The highest BCUT2D eigenvalue weighted by molar-refractivity contribution is 5.85. The van der Waals surface area contributed by atoms with Crippen molar-refractivity contribution in [3.63, 3.8) is 0 Å². The molecule has 0 unspecified atom stereocenters. The Kier molecular flexibility index (Phi) is 4.99. The van der Waals surface area contributed by atoms with Crippen LogP contribution < -0.4 is 9.47 Å². The summed E-state index contributed by atoms with van der Waals surface area (Å²) in [6.07, 6.45) is 8.32. The lowest BCUT2D eigenvalue weighted by Gasteiger charge is -2.18. The average Bonchev–Trinajstić information content (AvgIpc) is 3.31. The van der Waals surface area contributed by atoms with Gasteiger partial charge in [0.25, 0.3) is 0 Å². The zero-order valence-corrected chi connectivity index (χ0v) is 13.9. The van der Waals surface area contributed by atoms with E-state index in [9.17, 15) is 4.79 Å². The lowest BCUT2D eigenvalue weighted by molar-refractivity contribution is -0.104. The minimum absolute atomic E-state index is 0.245. The fourth-order valence-electron chi connectivity index (χ4n) is 2.57. The molecule has 6 heteroatoms. The molecule has 2 heterocycles. The Bertz CT molecular complexity index is 864. The van der Waals surface area contributed by atoms with Crippen molar-refractivity contribution in [2.45, 2.75) is 13.5 Å². The van der Waals surface area contributed by atoms with Crippen LogP contribution in [0.2, 0.25) is 0 Å². The summed E-state index contributed by atoms with van der Waals surface area (Å²) in [7, 11) is 1.57. The molecule has 2 aromatic heterocycles. The van der Waals surface area contributed by atoms with Gasteiger partial charge in [-0.2, -0.15) is 0 Å². The maximum atomic E-state index is 10.7. The first-order chi connectivity index (χ1) is 12.2. The number of aldehydes is 1. The molecule has 0 aliphatic rings. The van der Waals surface area contributed by atoms with E-state index < -0.39 is 0 Å². The molecule has 0 saturated heterocycles. The minimum Gasteiger partial charge on any atom is -0.492 e. The molecular weight excluding hydrogens is 322 g/mol. The number of hydrogen-bond donors (Lipinski definition) is 0. The zero-order valence-electron chi connectivity index (χ0n) is 13.9. The maximum Gasteiger partial charge on any atom is 0.180 e. The topological polar surface area (TPSA) is 74.7 Å². The van der Waals surface area contributed by atoms with Gasteiger partial charge in [-0.15, -0.1) is 0 Å². The van der Waals surface area contributed by atoms with E-state index >= 15 is 0 Å². The van der Waals surface area contributed by atoms with Gasteiger partial charge in [-0.05, 0) is 42.3 Å². The van der Waals surface area contributed by atoms with Gasteiger partial charge in [-0.25, -0.2) is 4.98 Å². The molecular formula is C19H17NO5. The number of furan rings is 1. The van der Waals surface area contributed by atoms with Crippen LogP contribution in [0.25, 0.3) is 17.4 Å². The predicted octanol–water partition coefficient (Wildman–Crippen LogP) is 4.04. The number of carbonyl (C=O) groups is 1. The van der Waals surface area contributed by atoms with E-state index in [2.05, 4.69) is 4.98 Å². The van der Waals surface area contributed by atoms with E-state index in [-0.39, 0.29) is 6.61 Å². The Balaban J connectivity index is 2.10.